The number of carbonyl (C=O) groups excluding carboxylic acids is 2. The van der Waals surface area contributed by atoms with Crippen LogP contribution >= 0.6 is 0 Å². The van der Waals surface area contributed by atoms with Crippen LogP contribution in [-0.4, -0.2) is 64.1 Å². The average Bonchev–Trinajstić information content (AvgIpc) is 2.83. The first-order valence-corrected chi connectivity index (χ1v) is 11.7. The molecule has 1 atom stereocenters. The van der Waals surface area contributed by atoms with Crippen LogP contribution in [0.1, 0.15) is 12.0 Å². The van der Waals surface area contributed by atoms with Crippen molar-refractivity contribution in [1.29, 1.82) is 0 Å². The van der Waals surface area contributed by atoms with Gasteiger partial charge in [-0.3, -0.25) is 9.59 Å². The van der Waals surface area contributed by atoms with E-state index in [9.17, 15) is 18.0 Å². The molecule has 2 N–H and O–H groups in total. The first-order valence-electron chi connectivity index (χ1n) is 10.3. The molecule has 1 aliphatic rings. The Kier molecular flexibility index (Phi) is 8.20. The van der Waals surface area contributed by atoms with Gasteiger partial charge in [-0.25, -0.2) is 8.42 Å². The second-order valence-electron chi connectivity index (χ2n) is 7.17. The number of carbonyl (C=O) groups is 2. The Balaban J connectivity index is 1.50. The third kappa shape index (κ3) is 6.06. The van der Waals surface area contributed by atoms with Gasteiger partial charge in [0.15, 0.2) is 0 Å². The number of amides is 2. The van der Waals surface area contributed by atoms with Crippen molar-refractivity contribution in [2.24, 2.45) is 0 Å². The summed E-state index contributed by atoms with van der Waals surface area (Å²) >= 11 is 0. The fraction of sp³-hybridized carbons (Fsp3) is 0.364. The number of benzene rings is 2. The number of nitrogens with one attached hydrogen (secondary N) is 2. The van der Waals surface area contributed by atoms with Crippen molar-refractivity contribution in [3.63, 3.8) is 0 Å². The van der Waals surface area contributed by atoms with E-state index in [1.165, 1.54) is 16.4 Å². The zero-order chi connectivity index (χ0) is 23.0. The Morgan fingerprint density at radius 2 is 1.75 bits per heavy atom. The van der Waals surface area contributed by atoms with E-state index in [4.69, 9.17) is 9.47 Å². The molecule has 0 spiro atoms. The molecule has 172 valence electrons. The maximum absolute atomic E-state index is 12.9. The zero-order valence-electron chi connectivity index (χ0n) is 17.8. The monoisotopic (exact) mass is 461 g/mol. The summed E-state index contributed by atoms with van der Waals surface area (Å²) in [6.07, 6.45) is 0.213. The van der Waals surface area contributed by atoms with E-state index in [2.05, 4.69) is 10.6 Å². The normalized spacial score (nSPS) is 16.8. The van der Waals surface area contributed by atoms with Gasteiger partial charge in [0.2, 0.25) is 10.0 Å². The largest absolute Gasteiger partial charge is 0.497 e. The molecule has 0 bridgehead atoms. The predicted molar refractivity (Wildman–Crippen MR) is 117 cm³/mol. The lowest BCUT2D eigenvalue weighted by Crippen LogP contribution is -2.53. The quantitative estimate of drug-likeness (QED) is 0.565. The zero-order valence-corrected chi connectivity index (χ0v) is 18.6. The minimum Gasteiger partial charge on any atom is -0.497 e. The molecule has 1 aliphatic heterocycles. The van der Waals surface area contributed by atoms with Crippen LogP contribution in [0.2, 0.25) is 0 Å². The number of hydrogen-bond donors (Lipinski definition) is 2. The summed E-state index contributed by atoms with van der Waals surface area (Å²) in [5.74, 6) is -0.886. The van der Waals surface area contributed by atoms with Crippen molar-refractivity contribution in [2.75, 3.05) is 33.4 Å². The van der Waals surface area contributed by atoms with Gasteiger partial charge in [-0.05, 0) is 42.7 Å². The van der Waals surface area contributed by atoms with Gasteiger partial charge in [-0.2, -0.15) is 4.31 Å². The van der Waals surface area contributed by atoms with Gasteiger partial charge in [0, 0.05) is 13.1 Å². The highest BCUT2D eigenvalue weighted by Crippen LogP contribution is 2.21. The number of rotatable bonds is 8. The molecule has 0 aromatic heterocycles. The Hall–Kier alpha value is -2.95. The van der Waals surface area contributed by atoms with Gasteiger partial charge < -0.3 is 20.1 Å². The van der Waals surface area contributed by atoms with Crippen molar-refractivity contribution >= 4 is 21.8 Å². The summed E-state index contributed by atoms with van der Waals surface area (Å²) in [5.41, 5.74) is 0.990. The summed E-state index contributed by atoms with van der Waals surface area (Å²) in [6, 6.07) is 15.4. The summed E-state index contributed by atoms with van der Waals surface area (Å²) in [7, 11) is -2.20. The first kappa shape index (κ1) is 23.7. The van der Waals surface area contributed by atoms with E-state index < -0.39 is 28.1 Å². The van der Waals surface area contributed by atoms with E-state index in [1.54, 1.807) is 25.3 Å². The second kappa shape index (κ2) is 11.1. The summed E-state index contributed by atoms with van der Waals surface area (Å²) < 4.78 is 37.8. The van der Waals surface area contributed by atoms with Crippen molar-refractivity contribution in [3.05, 3.63) is 60.2 Å². The molecule has 10 heteroatoms. The standard InChI is InChI=1S/C22H27N3O6S/c1-30-18-10-8-17(9-11-18)12-13-23-21(26)22(27)24-16-20-25(14-5-15-31-20)32(28,29)19-6-3-2-4-7-19/h2-4,6-11,20H,5,12-16H2,1H3,(H,23,26)(H,24,27)/t20-/m1/s1. The van der Waals surface area contributed by atoms with Crippen molar-refractivity contribution in [1.82, 2.24) is 14.9 Å². The van der Waals surface area contributed by atoms with Crippen LogP contribution in [0.25, 0.3) is 0 Å². The van der Waals surface area contributed by atoms with Crippen molar-refractivity contribution in [3.8, 4) is 5.75 Å². The van der Waals surface area contributed by atoms with Gasteiger partial charge in [-0.15, -0.1) is 0 Å². The summed E-state index contributed by atoms with van der Waals surface area (Å²) in [5, 5.41) is 5.03. The van der Waals surface area contributed by atoms with Crippen molar-refractivity contribution < 1.29 is 27.5 Å². The lowest BCUT2D eigenvalue weighted by Gasteiger charge is -2.34. The molecule has 2 amide bonds. The Bertz CT molecular complexity index is 1010. The number of ether oxygens (including phenoxy) is 2. The highest BCUT2D eigenvalue weighted by Gasteiger charge is 2.34. The molecule has 0 saturated carbocycles. The van der Waals surface area contributed by atoms with Crippen LogP contribution in [0.15, 0.2) is 59.5 Å². The molecule has 0 aliphatic carbocycles. The minimum absolute atomic E-state index is 0.128. The molecular formula is C22H27N3O6S. The minimum atomic E-state index is -3.78. The maximum atomic E-state index is 12.9. The highest BCUT2D eigenvalue weighted by molar-refractivity contribution is 7.89. The van der Waals surface area contributed by atoms with Gasteiger partial charge in [0.25, 0.3) is 0 Å². The lowest BCUT2D eigenvalue weighted by atomic mass is 10.1. The third-order valence-electron chi connectivity index (χ3n) is 5.01. The fourth-order valence-corrected chi connectivity index (χ4v) is 4.87. The Morgan fingerprint density at radius 3 is 2.44 bits per heavy atom. The molecule has 9 nitrogen and oxygen atoms in total. The molecule has 2 aromatic rings. The first-order chi connectivity index (χ1) is 15.4. The molecule has 0 unspecified atom stereocenters. The SMILES string of the molecule is COc1ccc(CCNC(=O)C(=O)NC[C@H]2OCCCN2S(=O)(=O)c2ccccc2)cc1. The van der Waals surface area contributed by atoms with Gasteiger partial charge in [-0.1, -0.05) is 30.3 Å². The van der Waals surface area contributed by atoms with E-state index >= 15 is 0 Å². The molecule has 32 heavy (non-hydrogen) atoms. The smallest absolute Gasteiger partial charge is 0.309 e. The summed E-state index contributed by atoms with van der Waals surface area (Å²) in [4.78, 5) is 24.4. The van der Waals surface area contributed by atoms with Gasteiger partial charge in [0.05, 0.1) is 25.2 Å². The Labute approximate surface area is 187 Å². The topological polar surface area (TPSA) is 114 Å². The van der Waals surface area contributed by atoms with Gasteiger partial charge >= 0.3 is 11.8 Å². The van der Waals surface area contributed by atoms with Crippen LogP contribution < -0.4 is 15.4 Å². The molecule has 2 aromatic carbocycles. The maximum Gasteiger partial charge on any atom is 0.309 e. The molecule has 1 heterocycles. The fourth-order valence-electron chi connectivity index (χ4n) is 3.28. The van der Waals surface area contributed by atoms with Crippen LogP contribution in [-0.2, 0) is 30.8 Å². The summed E-state index contributed by atoms with van der Waals surface area (Å²) in [6.45, 7) is 0.797. The van der Waals surface area contributed by atoms with Crippen molar-refractivity contribution in [2.45, 2.75) is 24.0 Å². The third-order valence-corrected chi connectivity index (χ3v) is 6.91. The number of nitrogens with zero attached hydrogens (tertiary/aromatic N) is 1. The molecule has 1 fully saturated rings. The number of methoxy groups -OCH3 is 1. The lowest BCUT2D eigenvalue weighted by molar-refractivity contribution is -0.140. The number of sulfonamides is 1. The van der Waals surface area contributed by atoms with Gasteiger partial charge in [0.1, 0.15) is 12.0 Å². The van der Waals surface area contributed by atoms with Crippen LogP contribution in [0.4, 0.5) is 0 Å². The van der Waals surface area contributed by atoms with Crippen LogP contribution in [0, 0.1) is 0 Å². The van der Waals surface area contributed by atoms with E-state index in [0.29, 0.717) is 19.4 Å². The second-order valence-corrected chi connectivity index (χ2v) is 9.06. The molecule has 0 radical (unpaired) electrons. The highest BCUT2D eigenvalue weighted by atomic mass is 32.2. The van der Waals surface area contributed by atoms with E-state index in [-0.39, 0.29) is 24.5 Å². The van der Waals surface area contributed by atoms with Crippen LogP contribution in [0.3, 0.4) is 0 Å². The molecule has 1 saturated heterocycles. The van der Waals surface area contributed by atoms with E-state index in [1.807, 2.05) is 24.3 Å². The van der Waals surface area contributed by atoms with Crippen LogP contribution in [0.5, 0.6) is 5.75 Å². The Morgan fingerprint density at radius 1 is 1.06 bits per heavy atom. The number of hydrogen-bond acceptors (Lipinski definition) is 6. The molecular weight excluding hydrogens is 434 g/mol. The predicted octanol–water partition coefficient (Wildman–Crippen LogP) is 0.907. The average molecular weight is 462 g/mol. The van der Waals surface area contributed by atoms with E-state index in [0.717, 1.165) is 11.3 Å². The molecule has 3 rings (SSSR count).